The van der Waals surface area contributed by atoms with E-state index in [0.717, 1.165) is 39.2 Å². The number of nitrogens with zero attached hydrogens (tertiary/aromatic N) is 4. The van der Waals surface area contributed by atoms with E-state index in [1.807, 2.05) is 49.5 Å². The van der Waals surface area contributed by atoms with Crippen LogP contribution in [0.25, 0.3) is 50.4 Å². The van der Waals surface area contributed by atoms with Gasteiger partial charge in [-0.2, -0.15) is 0 Å². The molecule has 0 fully saturated rings. The van der Waals surface area contributed by atoms with Crippen LogP contribution in [0.4, 0.5) is 4.39 Å². The van der Waals surface area contributed by atoms with Gasteiger partial charge in [0.2, 0.25) is 0 Å². The van der Waals surface area contributed by atoms with Crippen LogP contribution < -0.4 is 5.32 Å². The van der Waals surface area contributed by atoms with E-state index in [1.54, 1.807) is 24.7 Å². The zero-order valence-corrected chi connectivity index (χ0v) is 19.0. The Kier molecular flexibility index (Phi) is 5.74. The molecule has 0 atom stereocenters. The molecule has 0 spiro atoms. The third-order valence-corrected chi connectivity index (χ3v) is 5.73. The van der Waals surface area contributed by atoms with Crippen LogP contribution in [0.5, 0.6) is 0 Å². The molecule has 1 N–H and O–H groups in total. The van der Waals surface area contributed by atoms with Crippen molar-refractivity contribution in [3.63, 3.8) is 0 Å². The van der Waals surface area contributed by atoms with Crippen LogP contribution in [0.2, 0.25) is 5.02 Å². The number of pyridine rings is 4. The zero-order valence-electron chi connectivity index (χ0n) is 18.3. The number of fused-ring (bicyclic) bond motifs is 1. The predicted octanol–water partition coefficient (Wildman–Crippen LogP) is 6.40. The molecule has 5 rings (SSSR count). The first-order valence-electron chi connectivity index (χ1n) is 10.5. The van der Waals surface area contributed by atoms with E-state index in [-0.39, 0.29) is 0 Å². The molecule has 166 valence electrons. The van der Waals surface area contributed by atoms with Gasteiger partial charge in [0, 0.05) is 52.7 Å². The first kappa shape index (κ1) is 21.7. The summed E-state index contributed by atoms with van der Waals surface area (Å²) in [5.41, 5.74) is 6.01. The number of rotatable bonds is 5. The third kappa shape index (κ3) is 4.11. The third-order valence-electron chi connectivity index (χ3n) is 5.49. The SMILES string of the molecule is C=C(NC)c1cccc(-c2cncc(-c3cc(-c4cc(Cl)ccc4F)nc4ncccc34)c2)n1. The molecule has 0 aliphatic rings. The molecule has 5 nitrogen and oxygen atoms in total. The summed E-state index contributed by atoms with van der Waals surface area (Å²) < 4.78 is 14.7. The molecule has 0 bridgehead atoms. The van der Waals surface area contributed by atoms with Crippen molar-refractivity contribution in [3.8, 4) is 33.6 Å². The van der Waals surface area contributed by atoms with E-state index in [2.05, 4.69) is 26.8 Å². The Morgan fingerprint density at radius 1 is 0.912 bits per heavy atom. The fourth-order valence-electron chi connectivity index (χ4n) is 3.75. The minimum atomic E-state index is -0.407. The summed E-state index contributed by atoms with van der Waals surface area (Å²) in [5.74, 6) is -0.407. The molecule has 0 radical (unpaired) electrons. The van der Waals surface area contributed by atoms with Gasteiger partial charge >= 0.3 is 0 Å². The maximum Gasteiger partial charge on any atom is 0.160 e. The second-order valence-corrected chi connectivity index (χ2v) is 8.09. The van der Waals surface area contributed by atoms with Crippen LogP contribution in [0, 0.1) is 5.82 Å². The molecular formula is C27H19ClFN5. The highest BCUT2D eigenvalue weighted by Gasteiger charge is 2.15. The zero-order chi connectivity index (χ0) is 23.7. The lowest BCUT2D eigenvalue weighted by Crippen LogP contribution is -2.05. The second kappa shape index (κ2) is 9.00. The molecule has 4 aromatic heterocycles. The molecule has 0 unspecified atom stereocenters. The molecule has 0 amide bonds. The average Bonchev–Trinajstić information content (AvgIpc) is 2.89. The van der Waals surface area contributed by atoms with E-state index in [0.29, 0.717) is 21.9 Å². The van der Waals surface area contributed by atoms with Crippen LogP contribution in [0.15, 0.2) is 85.8 Å². The maximum absolute atomic E-state index is 14.7. The van der Waals surface area contributed by atoms with Crippen molar-refractivity contribution < 1.29 is 4.39 Å². The van der Waals surface area contributed by atoms with Gasteiger partial charge in [-0.05, 0) is 60.2 Å². The Balaban J connectivity index is 1.68. The van der Waals surface area contributed by atoms with Gasteiger partial charge < -0.3 is 5.32 Å². The van der Waals surface area contributed by atoms with Crippen molar-refractivity contribution in [1.82, 2.24) is 25.3 Å². The minimum Gasteiger partial charge on any atom is -0.387 e. The molecule has 5 aromatic rings. The summed E-state index contributed by atoms with van der Waals surface area (Å²) in [5, 5.41) is 4.28. The Morgan fingerprint density at radius 2 is 1.76 bits per heavy atom. The Hall–Kier alpha value is -4.16. The Bertz CT molecular complexity index is 1550. The number of aromatic nitrogens is 4. The Labute approximate surface area is 201 Å². The molecule has 1 aromatic carbocycles. The molecule has 0 saturated heterocycles. The summed E-state index contributed by atoms with van der Waals surface area (Å²) in [4.78, 5) is 18.2. The number of benzene rings is 1. The van der Waals surface area contributed by atoms with Crippen molar-refractivity contribution in [2.24, 2.45) is 0 Å². The summed E-state index contributed by atoms with van der Waals surface area (Å²) >= 11 is 6.14. The highest BCUT2D eigenvalue weighted by Crippen LogP contribution is 2.34. The van der Waals surface area contributed by atoms with Crippen molar-refractivity contribution in [1.29, 1.82) is 0 Å². The van der Waals surface area contributed by atoms with Gasteiger partial charge in [0.15, 0.2) is 5.65 Å². The van der Waals surface area contributed by atoms with E-state index < -0.39 is 5.82 Å². The normalized spacial score (nSPS) is 10.9. The standard InChI is InChI=1S/C27H19ClFN5/c1-16(30-2)24-6-3-7-25(33-24)18-11-17(14-31-15-18)21-13-26(22-12-19(28)8-9-23(22)29)34-27-20(21)5-4-10-32-27/h3-15,30H,1H2,2H3. The summed E-state index contributed by atoms with van der Waals surface area (Å²) in [6, 6.07) is 17.8. The Morgan fingerprint density at radius 3 is 2.62 bits per heavy atom. The molecule has 0 saturated carbocycles. The highest BCUT2D eigenvalue weighted by molar-refractivity contribution is 6.30. The molecule has 7 heteroatoms. The van der Waals surface area contributed by atoms with Gasteiger partial charge in [-0.15, -0.1) is 0 Å². The van der Waals surface area contributed by atoms with E-state index in [4.69, 9.17) is 16.6 Å². The van der Waals surface area contributed by atoms with Gasteiger partial charge in [0.05, 0.1) is 22.8 Å². The lowest BCUT2D eigenvalue weighted by Gasteiger charge is -2.12. The van der Waals surface area contributed by atoms with Crippen molar-refractivity contribution in [2.45, 2.75) is 0 Å². The van der Waals surface area contributed by atoms with Gasteiger partial charge in [0.1, 0.15) is 5.82 Å². The number of nitrogens with one attached hydrogen (secondary N) is 1. The van der Waals surface area contributed by atoms with Crippen LogP contribution in [0.1, 0.15) is 5.69 Å². The fraction of sp³-hybridized carbons (Fsp3) is 0.0370. The number of hydrogen-bond donors (Lipinski definition) is 1. The van der Waals surface area contributed by atoms with Gasteiger partial charge in [-0.25, -0.2) is 19.3 Å². The molecular weight excluding hydrogens is 449 g/mol. The summed E-state index contributed by atoms with van der Waals surface area (Å²) in [6.07, 6.45) is 5.19. The first-order chi connectivity index (χ1) is 16.5. The lowest BCUT2D eigenvalue weighted by molar-refractivity contribution is 0.631. The smallest absolute Gasteiger partial charge is 0.160 e. The fourth-order valence-corrected chi connectivity index (χ4v) is 3.92. The average molecular weight is 468 g/mol. The highest BCUT2D eigenvalue weighted by atomic mass is 35.5. The lowest BCUT2D eigenvalue weighted by atomic mass is 9.99. The number of halogens is 2. The van der Waals surface area contributed by atoms with Gasteiger partial charge in [-0.1, -0.05) is 24.2 Å². The van der Waals surface area contributed by atoms with Crippen molar-refractivity contribution in [2.75, 3.05) is 7.05 Å². The van der Waals surface area contributed by atoms with Crippen LogP contribution in [-0.2, 0) is 0 Å². The maximum atomic E-state index is 14.7. The van der Waals surface area contributed by atoms with Crippen molar-refractivity contribution in [3.05, 3.63) is 102 Å². The van der Waals surface area contributed by atoms with Gasteiger partial charge in [-0.3, -0.25) is 4.98 Å². The van der Waals surface area contributed by atoms with E-state index in [9.17, 15) is 4.39 Å². The quantitative estimate of drug-likeness (QED) is 0.324. The predicted molar refractivity (Wildman–Crippen MR) is 134 cm³/mol. The number of hydrogen-bond acceptors (Lipinski definition) is 5. The second-order valence-electron chi connectivity index (χ2n) is 7.65. The molecule has 34 heavy (non-hydrogen) atoms. The summed E-state index contributed by atoms with van der Waals surface area (Å²) in [6.45, 7) is 3.99. The topological polar surface area (TPSA) is 63.6 Å². The molecule has 0 aliphatic heterocycles. The van der Waals surface area contributed by atoms with Gasteiger partial charge in [0.25, 0.3) is 0 Å². The molecule has 4 heterocycles. The van der Waals surface area contributed by atoms with Crippen LogP contribution in [0.3, 0.4) is 0 Å². The van der Waals surface area contributed by atoms with Crippen LogP contribution in [-0.4, -0.2) is 27.0 Å². The van der Waals surface area contributed by atoms with E-state index in [1.165, 1.54) is 12.1 Å². The monoisotopic (exact) mass is 467 g/mol. The van der Waals surface area contributed by atoms with Crippen molar-refractivity contribution >= 4 is 28.3 Å². The molecule has 0 aliphatic carbocycles. The van der Waals surface area contributed by atoms with Crippen LogP contribution >= 0.6 is 11.6 Å². The summed E-state index contributed by atoms with van der Waals surface area (Å²) in [7, 11) is 1.81. The minimum absolute atomic E-state index is 0.311. The first-order valence-corrected chi connectivity index (χ1v) is 10.9. The van der Waals surface area contributed by atoms with E-state index >= 15 is 0 Å². The largest absolute Gasteiger partial charge is 0.387 e.